The number of hydrogen-bond acceptors (Lipinski definition) is 1. The van der Waals surface area contributed by atoms with E-state index in [0.29, 0.717) is 0 Å². The van der Waals surface area contributed by atoms with Gasteiger partial charge in [-0.15, -0.1) is 0 Å². The number of benzene rings is 2. The second-order valence-corrected chi connectivity index (χ2v) is 8.16. The zero-order valence-electron chi connectivity index (χ0n) is 15.2. The molecular weight excluding hydrogens is 372 g/mol. The summed E-state index contributed by atoms with van der Waals surface area (Å²) in [5.41, 5.74) is 3.85. The van der Waals surface area contributed by atoms with Gasteiger partial charge in [0.25, 0.3) is 0 Å². The van der Waals surface area contributed by atoms with Crippen LogP contribution in [-0.2, 0) is 4.74 Å². The van der Waals surface area contributed by atoms with Crippen LogP contribution in [0.3, 0.4) is 0 Å². The second-order valence-electron chi connectivity index (χ2n) is 7.24. The van der Waals surface area contributed by atoms with E-state index >= 15 is 0 Å². The van der Waals surface area contributed by atoms with Gasteiger partial charge in [0.05, 0.1) is 12.7 Å². The van der Waals surface area contributed by atoms with Crippen LogP contribution in [0.1, 0.15) is 63.5 Å². The summed E-state index contributed by atoms with van der Waals surface area (Å²) in [4.78, 5) is 0. The van der Waals surface area contributed by atoms with E-state index in [9.17, 15) is 0 Å². The maximum Gasteiger partial charge on any atom is 0.0825 e. The Balaban J connectivity index is 1.51. The molecule has 0 saturated carbocycles. The Morgan fingerprint density at radius 1 is 0.880 bits per heavy atom. The lowest BCUT2D eigenvalue weighted by molar-refractivity contribution is -0.0198. The molecule has 3 rings (SSSR count). The first-order chi connectivity index (χ1) is 12.3. The molecule has 2 atom stereocenters. The predicted molar refractivity (Wildman–Crippen MR) is 110 cm³/mol. The maximum atomic E-state index is 6.19. The van der Waals surface area contributed by atoms with Crippen molar-refractivity contribution in [3.8, 4) is 11.1 Å². The summed E-state index contributed by atoms with van der Waals surface area (Å²) >= 11 is 3.49. The van der Waals surface area contributed by atoms with E-state index in [-0.39, 0.29) is 6.10 Å². The van der Waals surface area contributed by atoms with Gasteiger partial charge in [-0.2, -0.15) is 0 Å². The van der Waals surface area contributed by atoms with Crippen LogP contribution in [0.15, 0.2) is 53.0 Å². The van der Waals surface area contributed by atoms with Gasteiger partial charge in [0, 0.05) is 4.47 Å². The summed E-state index contributed by atoms with van der Waals surface area (Å²) in [7, 11) is 0. The molecule has 0 spiro atoms. The monoisotopic (exact) mass is 400 g/mol. The van der Waals surface area contributed by atoms with Crippen molar-refractivity contribution >= 4 is 15.9 Å². The summed E-state index contributed by atoms with van der Waals surface area (Å²) < 4.78 is 7.31. The summed E-state index contributed by atoms with van der Waals surface area (Å²) in [6, 6.07) is 17.4. The molecule has 1 nitrogen and oxygen atoms in total. The van der Waals surface area contributed by atoms with Crippen LogP contribution in [0.4, 0.5) is 0 Å². The van der Waals surface area contributed by atoms with Gasteiger partial charge in [0.15, 0.2) is 0 Å². The quantitative estimate of drug-likeness (QED) is 0.435. The Labute approximate surface area is 160 Å². The number of ether oxygens (including phenoxy) is 1. The normalized spacial score (nSPS) is 20.6. The molecule has 0 amide bonds. The molecule has 2 unspecified atom stereocenters. The zero-order valence-corrected chi connectivity index (χ0v) is 16.8. The molecule has 1 aliphatic heterocycles. The van der Waals surface area contributed by atoms with Crippen LogP contribution in [0.5, 0.6) is 0 Å². The largest absolute Gasteiger partial charge is 0.373 e. The van der Waals surface area contributed by atoms with Gasteiger partial charge in [-0.05, 0) is 54.0 Å². The molecule has 0 aromatic heterocycles. The third-order valence-electron chi connectivity index (χ3n) is 5.30. The highest BCUT2D eigenvalue weighted by molar-refractivity contribution is 9.10. The first-order valence-corrected chi connectivity index (χ1v) is 10.5. The number of unbranched alkanes of at least 4 members (excludes halogenated alkanes) is 3. The third-order valence-corrected chi connectivity index (χ3v) is 5.82. The minimum Gasteiger partial charge on any atom is -0.373 e. The van der Waals surface area contributed by atoms with Crippen LogP contribution >= 0.6 is 15.9 Å². The van der Waals surface area contributed by atoms with E-state index in [2.05, 4.69) is 71.4 Å². The smallest absolute Gasteiger partial charge is 0.0825 e. The topological polar surface area (TPSA) is 9.23 Å². The summed E-state index contributed by atoms with van der Waals surface area (Å²) in [5, 5.41) is 0. The Morgan fingerprint density at radius 2 is 1.56 bits per heavy atom. The average Bonchev–Trinajstić information content (AvgIpc) is 2.67. The molecule has 0 radical (unpaired) electrons. The molecule has 2 aromatic rings. The summed E-state index contributed by atoms with van der Waals surface area (Å²) in [5.74, 6) is 0.773. The van der Waals surface area contributed by atoms with E-state index in [1.807, 2.05) is 0 Å². The number of rotatable bonds is 7. The van der Waals surface area contributed by atoms with Crippen molar-refractivity contribution in [2.75, 3.05) is 6.61 Å². The van der Waals surface area contributed by atoms with Gasteiger partial charge in [0.1, 0.15) is 0 Å². The van der Waals surface area contributed by atoms with E-state index < -0.39 is 0 Å². The Hall–Kier alpha value is -1.12. The van der Waals surface area contributed by atoms with Crippen molar-refractivity contribution in [3.63, 3.8) is 0 Å². The lowest BCUT2D eigenvalue weighted by Gasteiger charge is -2.29. The van der Waals surface area contributed by atoms with Gasteiger partial charge in [-0.25, -0.2) is 0 Å². The Morgan fingerprint density at radius 3 is 2.16 bits per heavy atom. The maximum absolute atomic E-state index is 6.19. The highest BCUT2D eigenvalue weighted by Gasteiger charge is 2.22. The van der Waals surface area contributed by atoms with Crippen LogP contribution in [0.25, 0.3) is 11.1 Å². The molecule has 1 saturated heterocycles. The van der Waals surface area contributed by atoms with E-state index in [1.165, 1.54) is 55.2 Å². The predicted octanol–water partition coefficient (Wildman–Crippen LogP) is 7.55. The van der Waals surface area contributed by atoms with Crippen LogP contribution < -0.4 is 0 Å². The van der Waals surface area contributed by atoms with Crippen LogP contribution in [0.2, 0.25) is 0 Å². The van der Waals surface area contributed by atoms with Crippen molar-refractivity contribution in [1.29, 1.82) is 0 Å². The minimum absolute atomic E-state index is 0.283. The standard InChI is InChI=1S/C23H29BrO/c1-2-3-4-5-6-18-7-16-23(25-17-18)21-10-8-19(9-11-21)20-12-14-22(24)15-13-20/h8-15,18,23H,2-7,16-17H2,1H3. The van der Waals surface area contributed by atoms with Gasteiger partial charge in [-0.1, -0.05) is 84.9 Å². The fourth-order valence-corrected chi connectivity index (χ4v) is 3.95. The molecular formula is C23H29BrO. The fourth-order valence-electron chi connectivity index (χ4n) is 3.69. The molecule has 1 fully saturated rings. The van der Waals surface area contributed by atoms with Gasteiger partial charge in [0.2, 0.25) is 0 Å². The van der Waals surface area contributed by atoms with E-state index in [1.54, 1.807) is 0 Å². The lowest BCUT2D eigenvalue weighted by atomic mass is 9.90. The van der Waals surface area contributed by atoms with E-state index in [0.717, 1.165) is 23.4 Å². The zero-order chi connectivity index (χ0) is 17.5. The highest BCUT2D eigenvalue weighted by atomic mass is 79.9. The summed E-state index contributed by atoms with van der Waals surface area (Å²) in [6.45, 7) is 3.21. The van der Waals surface area contributed by atoms with Gasteiger partial charge < -0.3 is 4.74 Å². The molecule has 134 valence electrons. The Kier molecular flexibility index (Phi) is 7.12. The van der Waals surface area contributed by atoms with Crippen LogP contribution in [-0.4, -0.2) is 6.61 Å². The van der Waals surface area contributed by atoms with Crippen LogP contribution in [0, 0.1) is 5.92 Å². The SMILES string of the molecule is CCCCCCC1CCC(c2ccc(-c3ccc(Br)cc3)cc2)OC1. The van der Waals surface area contributed by atoms with Crippen molar-refractivity contribution in [3.05, 3.63) is 58.6 Å². The molecule has 0 N–H and O–H groups in total. The molecule has 2 aromatic carbocycles. The van der Waals surface area contributed by atoms with Gasteiger partial charge >= 0.3 is 0 Å². The van der Waals surface area contributed by atoms with Crippen molar-refractivity contribution in [2.24, 2.45) is 5.92 Å². The van der Waals surface area contributed by atoms with Gasteiger partial charge in [-0.3, -0.25) is 0 Å². The average molecular weight is 401 g/mol. The van der Waals surface area contributed by atoms with Crippen molar-refractivity contribution in [1.82, 2.24) is 0 Å². The Bertz CT molecular complexity index is 624. The van der Waals surface area contributed by atoms with Crippen molar-refractivity contribution in [2.45, 2.75) is 58.0 Å². The molecule has 0 aliphatic carbocycles. The summed E-state index contributed by atoms with van der Waals surface area (Å²) in [6.07, 6.45) is 9.55. The minimum atomic E-state index is 0.283. The number of hydrogen-bond donors (Lipinski definition) is 0. The fraction of sp³-hybridized carbons (Fsp3) is 0.478. The molecule has 1 heterocycles. The molecule has 0 bridgehead atoms. The second kappa shape index (κ2) is 9.54. The molecule has 1 aliphatic rings. The first kappa shape index (κ1) is 18.7. The lowest BCUT2D eigenvalue weighted by Crippen LogP contribution is -2.20. The molecule has 25 heavy (non-hydrogen) atoms. The highest BCUT2D eigenvalue weighted by Crippen LogP contribution is 2.33. The first-order valence-electron chi connectivity index (χ1n) is 9.73. The van der Waals surface area contributed by atoms with E-state index in [4.69, 9.17) is 4.74 Å². The number of halogens is 1. The third kappa shape index (κ3) is 5.43. The van der Waals surface area contributed by atoms with Crippen molar-refractivity contribution < 1.29 is 4.74 Å². The molecule has 2 heteroatoms.